The van der Waals surface area contributed by atoms with Crippen LogP contribution >= 0.6 is 11.8 Å². The van der Waals surface area contributed by atoms with E-state index in [1.165, 1.54) is 6.26 Å². The summed E-state index contributed by atoms with van der Waals surface area (Å²) in [5, 5.41) is 0. The average Bonchev–Trinajstić information content (AvgIpc) is 2.19. The number of hydrogen-bond acceptors (Lipinski definition) is 2. The monoisotopic (exact) mass is 254 g/mol. The van der Waals surface area contributed by atoms with Gasteiger partial charge in [0.05, 0.1) is 12.2 Å². The van der Waals surface area contributed by atoms with Crippen LogP contribution in [0.25, 0.3) is 0 Å². The number of ether oxygens (including phenoxy) is 1. The molecule has 0 radical (unpaired) electrons. The molecule has 0 aliphatic rings. The van der Waals surface area contributed by atoms with Crippen LogP contribution in [0.5, 0.6) is 5.75 Å². The van der Waals surface area contributed by atoms with Crippen molar-refractivity contribution in [2.24, 2.45) is 0 Å². The molecule has 1 nitrogen and oxygen atoms in total. The van der Waals surface area contributed by atoms with E-state index in [2.05, 4.69) is 0 Å². The number of hydrogen-bond donors (Lipinski definition) is 0. The average molecular weight is 254 g/mol. The Kier molecular flexibility index (Phi) is 4.07. The fraction of sp³-hybridized carbons (Fsp3) is 0.400. The zero-order valence-corrected chi connectivity index (χ0v) is 9.51. The molecule has 0 aliphatic heterocycles. The van der Waals surface area contributed by atoms with Crippen LogP contribution in [0.2, 0.25) is 0 Å². The quantitative estimate of drug-likeness (QED) is 0.596. The molecule has 0 heterocycles. The zero-order valence-electron chi connectivity index (χ0n) is 8.69. The van der Waals surface area contributed by atoms with Gasteiger partial charge in [0, 0.05) is 4.90 Å². The van der Waals surface area contributed by atoms with Crippen LogP contribution in [0.1, 0.15) is 12.5 Å². The molecule has 0 bridgehead atoms. The molecular weight excluding hydrogens is 244 g/mol. The molecule has 6 heteroatoms. The Balaban J connectivity index is 3.28. The highest BCUT2D eigenvalue weighted by atomic mass is 32.2. The molecule has 1 aromatic rings. The molecule has 1 rings (SSSR count). The van der Waals surface area contributed by atoms with Gasteiger partial charge < -0.3 is 4.74 Å². The van der Waals surface area contributed by atoms with Gasteiger partial charge in [0.15, 0.2) is 11.6 Å². The van der Waals surface area contributed by atoms with Gasteiger partial charge in [-0.2, -0.15) is 13.2 Å². The van der Waals surface area contributed by atoms with Gasteiger partial charge in [0.25, 0.3) is 0 Å². The summed E-state index contributed by atoms with van der Waals surface area (Å²) in [5.41, 5.74) is -0.901. The summed E-state index contributed by atoms with van der Waals surface area (Å²) in [5.74, 6) is -1.11. The maximum Gasteiger partial charge on any atom is 0.416 e. The highest BCUT2D eigenvalue weighted by Crippen LogP contribution is 2.37. The molecule has 0 unspecified atom stereocenters. The van der Waals surface area contributed by atoms with Gasteiger partial charge in [-0.1, -0.05) is 0 Å². The fourth-order valence-electron chi connectivity index (χ4n) is 1.15. The van der Waals surface area contributed by atoms with Crippen molar-refractivity contribution < 1.29 is 22.3 Å². The Labute approximate surface area is 94.8 Å². The molecule has 0 aromatic heterocycles. The molecule has 0 spiro atoms. The van der Waals surface area contributed by atoms with Gasteiger partial charge in [-0.15, -0.1) is 11.8 Å². The van der Waals surface area contributed by atoms with E-state index in [9.17, 15) is 17.6 Å². The Hall–Kier alpha value is -0.910. The summed E-state index contributed by atoms with van der Waals surface area (Å²) in [6.45, 7) is 1.70. The van der Waals surface area contributed by atoms with E-state index in [1.54, 1.807) is 6.92 Å². The third-order valence-corrected chi connectivity index (χ3v) is 2.59. The molecule has 0 fully saturated rings. The second-order valence-corrected chi connectivity index (χ2v) is 3.77. The standard InChI is InChI=1S/C10H10F4OS/c1-3-15-7-4-6(10(12,13)14)5-8(16-2)9(7)11/h4-5H,3H2,1-2H3. The summed E-state index contributed by atoms with van der Waals surface area (Å²) in [4.78, 5) is -0.0710. The van der Waals surface area contributed by atoms with Gasteiger partial charge in [0.1, 0.15) is 0 Å². The molecule has 0 amide bonds. The van der Waals surface area contributed by atoms with Crippen molar-refractivity contribution in [3.05, 3.63) is 23.5 Å². The van der Waals surface area contributed by atoms with Crippen molar-refractivity contribution in [2.75, 3.05) is 12.9 Å². The molecule has 0 aliphatic carbocycles. The second kappa shape index (κ2) is 4.95. The Morgan fingerprint density at radius 3 is 2.38 bits per heavy atom. The van der Waals surface area contributed by atoms with Crippen molar-refractivity contribution in [3.8, 4) is 5.75 Å². The highest BCUT2D eigenvalue weighted by molar-refractivity contribution is 7.98. The molecule has 0 N–H and O–H groups in total. The molecule has 0 atom stereocenters. The number of halogens is 4. The van der Waals surface area contributed by atoms with Crippen LogP contribution < -0.4 is 4.74 Å². The van der Waals surface area contributed by atoms with Crippen LogP contribution in [0.3, 0.4) is 0 Å². The molecule has 1 aromatic carbocycles. The van der Waals surface area contributed by atoms with Gasteiger partial charge in [-0.25, -0.2) is 4.39 Å². The number of thioether (sulfide) groups is 1. The highest BCUT2D eigenvalue weighted by Gasteiger charge is 2.32. The zero-order chi connectivity index (χ0) is 12.3. The van der Waals surface area contributed by atoms with E-state index in [0.717, 1.165) is 17.8 Å². The normalized spacial score (nSPS) is 11.6. The van der Waals surface area contributed by atoms with Crippen LogP contribution in [0.4, 0.5) is 17.6 Å². The van der Waals surface area contributed by atoms with Crippen molar-refractivity contribution in [1.29, 1.82) is 0 Å². The van der Waals surface area contributed by atoms with Gasteiger partial charge in [-0.3, -0.25) is 0 Å². The molecule has 90 valence electrons. The lowest BCUT2D eigenvalue weighted by Gasteiger charge is -2.12. The first-order valence-corrected chi connectivity index (χ1v) is 5.70. The van der Waals surface area contributed by atoms with E-state index in [4.69, 9.17) is 4.74 Å². The maximum atomic E-state index is 13.5. The molecule has 0 saturated heterocycles. The third kappa shape index (κ3) is 2.81. The molecule has 0 saturated carbocycles. The van der Waals surface area contributed by atoms with E-state index >= 15 is 0 Å². The lowest BCUT2D eigenvalue weighted by molar-refractivity contribution is -0.137. The van der Waals surface area contributed by atoms with E-state index in [0.29, 0.717) is 6.07 Å². The van der Waals surface area contributed by atoms with E-state index < -0.39 is 17.6 Å². The van der Waals surface area contributed by atoms with Gasteiger partial charge in [0.2, 0.25) is 0 Å². The fourth-order valence-corrected chi connectivity index (χ4v) is 1.67. The number of alkyl halides is 3. The topological polar surface area (TPSA) is 9.23 Å². The molecular formula is C10H10F4OS. The lowest BCUT2D eigenvalue weighted by atomic mass is 10.2. The van der Waals surface area contributed by atoms with Crippen LogP contribution in [0, 0.1) is 5.82 Å². The van der Waals surface area contributed by atoms with Crippen LogP contribution in [0.15, 0.2) is 17.0 Å². The third-order valence-electron chi connectivity index (χ3n) is 1.85. The van der Waals surface area contributed by atoms with E-state index in [1.807, 2.05) is 0 Å². The summed E-state index contributed by atoms with van der Waals surface area (Å²) in [6, 6.07) is 1.46. The first kappa shape index (κ1) is 13.2. The lowest BCUT2D eigenvalue weighted by Crippen LogP contribution is -2.07. The predicted octanol–water partition coefficient (Wildman–Crippen LogP) is 3.97. The Morgan fingerprint density at radius 1 is 1.31 bits per heavy atom. The first-order chi connectivity index (χ1) is 7.40. The summed E-state index contributed by atoms with van der Waals surface area (Å²) in [6.07, 6.45) is -2.99. The second-order valence-electron chi connectivity index (χ2n) is 2.92. The summed E-state index contributed by atoms with van der Waals surface area (Å²) < 4.78 is 55.7. The smallest absolute Gasteiger partial charge is 0.416 e. The van der Waals surface area contributed by atoms with Gasteiger partial charge >= 0.3 is 6.18 Å². The van der Waals surface area contributed by atoms with Crippen LogP contribution in [-0.2, 0) is 6.18 Å². The summed E-state index contributed by atoms with van der Waals surface area (Å²) >= 11 is 0.911. The minimum Gasteiger partial charge on any atom is -0.491 e. The Bertz CT molecular complexity index is 376. The number of benzene rings is 1. The van der Waals surface area contributed by atoms with Crippen molar-refractivity contribution >= 4 is 11.8 Å². The predicted molar refractivity (Wildman–Crippen MR) is 54.4 cm³/mol. The number of rotatable bonds is 3. The van der Waals surface area contributed by atoms with Crippen molar-refractivity contribution in [3.63, 3.8) is 0 Å². The van der Waals surface area contributed by atoms with Crippen LogP contribution in [-0.4, -0.2) is 12.9 Å². The Morgan fingerprint density at radius 2 is 1.94 bits per heavy atom. The summed E-state index contributed by atoms with van der Waals surface area (Å²) in [7, 11) is 0. The SMILES string of the molecule is CCOc1cc(C(F)(F)F)cc(SC)c1F. The largest absolute Gasteiger partial charge is 0.491 e. The first-order valence-electron chi connectivity index (χ1n) is 4.47. The molecule has 16 heavy (non-hydrogen) atoms. The van der Waals surface area contributed by atoms with Gasteiger partial charge in [-0.05, 0) is 25.3 Å². The van der Waals surface area contributed by atoms with Crippen molar-refractivity contribution in [1.82, 2.24) is 0 Å². The maximum absolute atomic E-state index is 13.5. The van der Waals surface area contributed by atoms with Crippen molar-refractivity contribution in [2.45, 2.75) is 18.0 Å². The minimum absolute atomic E-state index is 0.0710. The minimum atomic E-state index is -4.50. The van der Waals surface area contributed by atoms with E-state index in [-0.39, 0.29) is 17.3 Å².